The van der Waals surface area contributed by atoms with E-state index in [1.54, 1.807) is 12.1 Å². The van der Waals surface area contributed by atoms with Crippen LogP contribution in [0.4, 0.5) is 4.39 Å². The van der Waals surface area contributed by atoms with Gasteiger partial charge in [-0.05, 0) is 66.0 Å². The summed E-state index contributed by atoms with van der Waals surface area (Å²) in [5.74, 6) is -0.172. The van der Waals surface area contributed by atoms with Gasteiger partial charge in [0.25, 0.3) is 0 Å². The van der Waals surface area contributed by atoms with Crippen molar-refractivity contribution in [3.05, 3.63) is 34.1 Å². The first kappa shape index (κ1) is 15.9. The zero-order valence-electron chi connectivity index (χ0n) is 12.2. The second-order valence-electron chi connectivity index (χ2n) is 5.63. The number of halogens is 2. The summed E-state index contributed by atoms with van der Waals surface area (Å²) in [6.45, 7) is 6.29. The van der Waals surface area contributed by atoms with Crippen molar-refractivity contribution in [1.29, 1.82) is 0 Å². The standard InChI is InChI=1S/C16H24BrFN2/c1-2-9-20(12-14-5-3-4-8-19-14)11-13-6-7-15(17)16(18)10-13/h6-7,10,14,19H,2-5,8-9,11-12H2,1H3. The first-order chi connectivity index (χ1) is 9.69. The van der Waals surface area contributed by atoms with Crippen LogP contribution < -0.4 is 5.32 Å². The van der Waals surface area contributed by atoms with Gasteiger partial charge in [-0.25, -0.2) is 4.39 Å². The molecule has 1 N–H and O–H groups in total. The van der Waals surface area contributed by atoms with Crippen LogP contribution in [0.2, 0.25) is 0 Å². The summed E-state index contributed by atoms with van der Waals surface area (Å²) in [5, 5.41) is 3.59. The molecule has 1 unspecified atom stereocenters. The maximum Gasteiger partial charge on any atom is 0.137 e. The molecule has 112 valence electrons. The van der Waals surface area contributed by atoms with E-state index < -0.39 is 0 Å². The molecule has 1 atom stereocenters. The van der Waals surface area contributed by atoms with Crippen LogP contribution in [-0.2, 0) is 6.54 Å². The van der Waals surface area contributed by atoms with Crippen molar-refractivity contribution in [3.63, 3.8) is 0 Å². The molecule has 0 aromatic heterocycles. The number of nitrogens with one attached hydrogen (secondary N) is 1. The molecule has 0 saturated carbocycles. The summed E-state index contributed by atoms with van der Waals surface area (Å²) >= 11 is 3.21. The van der Waals surface area contributed by atoms with E-state index >= 15 is 0 Å². The van der Waals surface area contributed by atoms with Crippen LogP contribution in [0, 0.1) is 5.82 Å². The third-order valence-corrected chi connectivity index (χ3v) is 4.46. The molecule has 1 heterocycles. The molecule has 2 nitrogen and oxygen atoms in total. The summed E-state index contributed by atoms with van der Waals surface area (Å²) in [5.41, 5.74) is 1.05. The number of rotatable bonds is 6. The predicted molar refractivity (Wildman–Crippen MR) is 85.3 cm³/mol. The molecule has 1 saturated heterocycles. The minimum Gasteiger partial charge on any atom is -0.313 e. The maximum atomic E-state index is 13.6. The highest BCUT2D eigenvalue weighted by atomic mass is 79.9. The van der Waals surface area contributed by atoms with Crippen molar-refractivity contribution in [2.75, 3.05) is 19.6 Å². The third kappa shape index (κ3) is 4.83. The van der Waals surface area contributed by atoms with E-state index in [-0.39, 0.29) is 5.82 Å². The Bertz CT molecular complexity index is 419. The van der Waals surface area contributed by atoms with Gasteiger partial charge in [-0.15, -0.1) is 0 Å². The lowest BCUT2D eigenvalue weighted by Crippen LogP contribution is -2.43. The van der Waals surface area contributed by atoms with Crippen LogP contribution >= 0.6 is 15.9 Å². The molecule has 0 bridgehead atoms. The third-order valence-electron chi connectivity index (χ3n) is 3.82. The van der Waals surface area contributed by atoms with Gasteiger partial charge in [0.05, 0.1) is 4.47 Å². The van der Waals surface area contributed by atoms with E-state index in [9.17, 15) is 4.39 Å². The fourth-order valence-corrected chi connectivity index (χ4v) is 3.09. The van der Waals surface area contributed by atoms with Crippen molar-refractivity contribution < 1.29 is 4.39 Å². The van der Waals surface area contributed by atoms with Gasteiger partial charge in [0.1, 0.15) is 5.82 Å². The molecule has 0 aliphatic carbocycles. The second-order valence-corrected chi connectivity index (χ2v) is 6.48. The molecule has 1 aliphatic heterocycles. The Morgan fingerprint density at radius 1 is 1.40 bits per heavy atom. The zero-order chi connectivity index (χ0) is 14.4. The number of benzene rings is 1. The first-order valence-electron chi connectivity index (χ1n) is 7.58. The minimum absolute atomic E-state index is 0.172. The van der Waals surface area contributed by atoms with Crippen molar-refractivity contribution >= 4 is 15.9 Å². The maximum absolute atomic E-state index is 13.6. The fourth-order valence-electron chi connectivity index (χ4n) is 2.84. The largest absolute Gasteiger partial charge is 0.313 e. The second kappa shape index (κ2) is 8.11. The zero-order valence-corrected chi connectivity index (χ0v) is 13.8. The van der Waals surface area contributed by atoms with E-state index in [2.05, 4.69) is 33.1 Å². The lowest BCUT2D eigenvalue weighted by molar-refractivity contribution is 0.217. The van der Waals surface area contributed by atoms with Crippen LogP contribution in [-0.4, -0.2) is 30.6 Å². The molecule has 2 rings (SSSR count). The van der Waals surface area contributed by atoms with Crippen LogP contribution in [0.1, 0.15) is 38.2 Å². The van der Waals surface area contributed by atoms with Gasteiger partial charge in [-0.1, -0.05) is 19.4 Å². The highest BCUT2D eigenvalue weighted by Crippen LogP contribution is 2.18. The van der Waals surface area contributed by atoms with Crippen molar-refractivity contribution in [2.24, 2.45) is 0 Å². The molecular formula is C16H24BrFN2. The van der Waals surface area contributed by atoms with E-state index in [0.717, 1.165) is 38.2 Å². The van der Waals surface area contributed by atoms with E-state index in [1.165, 1.54) is 19.3 Å². The van der Waals surface area contributed by atoms with Gasteiger partial charge in [-0.3, -0.25) is 4.90 Å². The van der Waals surface area contributed by atoms with E-state index in [4.69, 9.17) is 0 Å². The summed E-state index contributed by atoms with van der Waals surface area (Å²) in [6.07, 6.45) is 5.01. The number of piperidine rings is 1. The van der Waals surface area contributed by atoms with Gasteiger partial charge < -0.3 is 5.32 Å². The van der Waals surface area contributed by atoms with Crippen LogP contribution in [0.25, 0.3) is 0 Å². The molecule has 1 aliphatic rings. The quantitative estimate of drug-likeness (QED) is 0.842. The summed E-state index contributed by atoms with van der Waals surface area (Å²) < 4.78 is 14.1. The fraction of sp³-hybridized carbons (Fsp3) is 0.625. The van der Waals surface area contributed by atoms with E-state index in [1.807, 2.05) is 6.07 Å². The van der Waals surface area contributed by atoms with Crippen molar-refractivity contribution in [3.8, 4) is 0 Å². The topological polar surface area (TPSA) is 15.3 Å². The molecule has 1 fully saturated rings. The minimum atomic E-state index is -0.172. The van der Waals surface area contributed by atoms with Gasteiger partial charge in [0.2, 0.25) is 0 Å². The van der Waals surface area contributed by atoms with Gasteiger partial charge in [0.15, 0.2) is 0 Å². The van der Waals surface area contributed by atoms with Gasteiger partial charge in [-0.2, -0.15) is 0 Å². The Labute approximate surface area is 129 Å². The molecule has 0 amide bonds. The highest BCUT2D eigenvalue weighted by molar-refractivity contribution is 9.10. The van der Waals surface area contributed by atoms with Crippen LogP contribution in [0.5, 0.6) is 0 Å². The Hall–Kier alpha value is -0.450. The van der Waals surface area contributed by atoms with E-state index in [0.29, 0.717) is 10.5 Å². The molecular weight excluding hydrogens is 319 g/mol. The normalized spacial score (nSPS) is 19.5. The monoisotopic (exact) mass is 342 g/mol. The average molecular weight is 343 g/mol. The Kier molecular flexibility index (Phi) is 6.46. The first-order valence-corrected chi connectivity index (χ1v) is 8.38. The van der Waals surface area contributed by atoms with Gasteiger partial charge in [0, 0.05) is 19.1 Å². The van der Waals surface area contributed by atoms with Crippen LogP contribution in [0.15, 0.2) is 22.7 Å². The summed E-state index contributed by atoms with van der Waals surface area (Å²) in [4.78, 5) is 2.44. The summed E-state index contributed by atoms with van der Waals surface area (Å²) in [7, 11) is 0. The summed E-state index contributed by atoms with van der Waals surface area (Å²) in [6, 6.07) is 6.04. The molecule has 20 heavy (non-hydrogen) atoms. The Morgan fingerprint density at radius 2 is 2.25 bits per heavy atom. The van der Waals surface area contributed by atoms with Crippen molar-refractivity contribution in [1.82, 2.24) is 10.2 Å². The van der Waals surface area contributed by atoms with Crippen molar-refractivity contribution in [2.45, 2.75) is 45.2 Å². The molecule has 0 radical (unpaired) electrons. The SMILES string of the molecule is CCCN(Cc1ccc(Br)c(F)c1)CC1CCCCN1. The highest BCUT2D eigenvalue weighted by Gasteiger charge is 2.16. The Morgan fingerprint density at radius 3 is 2.90 bits per heavy atom. The molecule has 1 aromatic carbocycles. The lowest BCUT2D eigenvalue weighted by Gasteiger charge is -2.30. The average Bonchev–Trinajstić information content (AvgIpc) is 2.44. The lowest BCUT2D eigenvalue weighted by atomic mass is 10.0. The Balaban J connectivity index is 1.94. The number of hydrogen-bond donors (Lipinski definition) is 1. The molecule has 1 aromatic rings. The molecule has 4 heteroatoms. The number of nitrogens with zero attached hydrogens (tertiary/aromatic N) is 1. The van der Waals surface area contributed by atoms with Crippen LogP contribution in [0.3, 0.4) is 0 Å². The van der Waals surface area contributed by atoms with Gasteiger partial charge >= 0.3 is 0 Å². The molecule has 0 spiro atoms. The number of hydrogen-bond acceptors (Lipinski definition) is 2. The smallest absolute Gasteiger partial charge is 0.137 e. The predicted octanol–water partition coefficient (Wildman–Crippen LogP) is 3.94.